The van der Waals surface area contributed by atoms with E-state index in [4.69, 9.17) is 0 Å². The Morgan fingerprint density at radius 3 is 2.39 bits per heavy atom. The van der Waals surface area contributed by atoms with Crippen molar-refractivity contribution in [1.29, 1.82) is 0 Å². The molecule has 4 nitrogen and oxygen atoms in total. The van der Waals surface area contributed by atoms with Gasteiger partial charge in [0, 0.05) is 0 Å². The number of allylic oxidation sites excluding steroid dienone is 1. The molecule has 4 aliphatic rings. The molecular formula is C19H30O4. The van der Waals surface area contributed by atoms with Crippen LogP contribution in [0, 0.1) is 34.5 Å². The highest BCUT2D eigenvalue weighted by Gasteiger charge is 2.63. The molecule has 0 aromatic heterocycles. The van der Waals surface area contributed by atoms with Crippen molar-refractivity contribution in [1.82, 2.24) is 0 Å². The molecule has 5 unspecified atom stereocenters. The molecule has 0 bridgehead atoms. The summed E-state index contributed by atoms with van der Waals surface area (Å²) in [6.07, 6.45) is 5.95. The topological polar surface area (TPSA) is 80.9 Å². The lowest BCUT2D eigenvalue weighted by Crippen LogP contribution is -2.58. The molecule has 130 valence electrons. The van der Waals surface area contributed by atoms with Crippen molar-refractivity contribution < 1.29 is 20.4 Å². The summed E-state index contributed by atoms with van der Waals surface area (Å²) in [5.74, 6) is 1.01. The maximum absolute atomic E-state index is 10.9. The van der Waals surface area contributed by atoms with Gasteiger partial charge < -0.3 is 20.4 Å². The van der Waals surface area contributed by atoms with Crippen molar-refractivity contribution in [2.45, 2.75) is 70.4 Å². The first kappa shape index (κ1) is 16.1. The van der Waals surface area contributed by atoms with E-state index in [9.17, 15) is 20.4 Å². The fraction of sp³-hybridized carbons (Fsp3) is 0.895. The molecule has 3 saturated carbocycles. The second kappa shape index (κ2) is 5.04. The molecule has 23 heavy (non-hydrogen) atoms. The molecule has 4 heteroatoms. The Balaban J connectivity index is 1.72. The average molecular weight is 322 g/mol. The lowest BCUT2D eigenvalue weighted by atomic mass is 9.45. The Morgan fingerprint density at radius 1 is 0.913 bits per heavy atom. The molecule has 0 aliphatic heterocycles. The van der Waals surface area contributed by atoms with Gasteiger partial charge in [-0.2, -0.15) is 0 Å². The van der Waals surface area contributed by atoms with E-state index in [0.717, 1.165) is 25.7 Å². The summed E-state index contributed by atoms with van der Waals surface area (Å²) in [4.78, 5) is 0. The van der Waals surface area contributed by atoms with E-state index in [0.29, 0.717) is 18.3 Å². The van der Waals surface area contributed by atoms with Crippen molar-refractivity contribution in [3.05, 3.63) is 12.2 Å². The predicted octanol–water partition coefficient (Wildman–Crippen LogP) is 1.47. The number of aliphatic hydroxyl groups excluding tert-OH is 4. The van der Waals surface area contributed by atoms with Crippen molar-refractivity contribution in [2.24, 2.45) is 34.5 Å². The summed E-state index contributed by atoms with van der Waals surface area (Å²) in [5, 5.41) is 41.6. The molecule has 0 aromatic carbocycles. The lowest BCUT2D eigenvalue weighted by molar-refractivity contribution is -0.151. The quantitative estimate of drug-likeness (QED) is 0.509. The van der Waals surface area contributed by atoms with Gasteiger partial charge in [0.2, 0.25) is 0 Å². The van der Waals surface area contributed by atoms with Crippen LogP contribution in [0.5, 0.6) is 0 Å². The van der Waals surface area contributed by atoms with Gasteiger partial charge in [-0.3, -0.25) is 0 Å². The van der Waals surface area contributed by atoms with E-state index in [1.807, 2.05) is 6.08 Å². The molecule has 3 fully saturated rings. The Hall–Kier alpha value is -0.420. The molecular weight excluding hydrogens is 292 g/mol. The van der Waals surface area contributed by atoms with Gasteiger partial charge >= 0.3 is 0 Å². The van der Waals surface area contributed by atoms with E-state index < -0.39 is 12.2 Å². The summed E-state index contributed by atoms with van der Waals surface area (Å²) in [5.41, 5.74) is -0.258. The molecule has 0 amide bonds. The zero-order valence-electron chi connectivity index (χ0n) is 14.1. The van der Waals surface area contributed by atoms with Crippen LogP contribution in [0.15, 0.2) is 12.2 Å². The van der Waals surface area contributed by atoms with Crippen LogP contribution < -0.4 is 0 Å². The largest absolute Gasteiger partial charge is 0.393 e. The van der Waals surface area contributed by atoms with Gasteiger partial charge in [0.05, 0.1) is 24.4 Å². The first-order valence-corrected chi connectivity index (χ1v) is 9.19. The van der Waals surface area contributed by atoms with Crippen molar-refractivity contribution in [3.8, 4) is 0 Å². The van der Waals surface area contributed by atoms with Crippen LogP contribution >= 0.6 is 0 Å². The minimum atomic E-state index is -0.671. The van der Waals surface area contributed by atoms with Gasteiger partial charge in [-0.1, -0.05) is 26.0 Å². The minimum absolute atomic E-state index is 0.0168. The molecule has 4 N–H and O–H groups in total. The third kappa shape index (κ3) is 2.05. The third-order valence-electron chi connectivity index (χ3n) is 8.16. The van der Waals surface area contributed by atoms with Crippen molar-refractivity contribution >= 4 is 0 Å². The SMILES string of the molecule is C[C@]12C=CC(O)CC1CC(O)[C@@H]1[C@H]2CC[C@]2(C)C(O)C(O)C[C@@H]12. The summed E-state index contributed by atoms with van der Waals surface area (Å²) >= 11 is 0. The molecule has 10 atom stereocenters. The summed E-state index contributed by atoms with van der Waals surface area (Å²) < 4.78 is 0. The first-order chi connectivity index (χ1) is 10.8. The number of hydrogen-bond donors (Lipinski definition) is 4. The standard InChI is InChI=1S/C19H30O4/c1-18-5-3-11(20)7-10(18)8-14(21)16-12(18)4-6-19(2)13(16)9-15(22)17(19)23/h3,5,10-17,20-23H,4,6-9H2,1-2H3/t10?,11?,12-,13+,14?,15?,16-,17?,18+,19+/m1/s1. The van der Waals surface area contributed by atoms with Gasteiger partial charge in [0.1, 0.15) is 0 Å². The summed E-state index contributed by atoms with van der Waals surface area (Å²) in [6.45, 7) is 4.38. The van der Waals surface area contributed by atoms with E-state index in [1.165, 1.54) is 0 Å². The molecule has 4 rings (SSSR count). The molecule has 0 spiro atoms. The molecule has 0 aromatic rings. The first-order valence-electron chi connectivity index (χ1n) is 9.19. The molecule has 0 saturated heterocycles. The maximum Gasteiger partial charge on any atom is 0.0855 e. The van der Waals surface area contributed by atoms with E-state index in [-0.39, 0.29) is 34.9 Å². The molecule has 0 heterocycles. The highest BCUT2D eigenvalue weighted by atomic mass is 16.3. The van der Waals surface area contributed by atoms with Gasteiger partial charge in [-0.25, -0.2) is 0 Å². The van der Waals surface area contributed by atoms with Gasteiger partial charge in [0.25, 0.3) is 0 Å². The Kier molecular flexibility index (Phi) is 3.52. The highest BCUT2D eigenvalue weighted by molar-refractivity contribution is 5.19. The van der Waals surface area contributed by atoms with Crippen LogP contribution in [0.3, 0.4) is 0 Å². The molecule has 4 aliphatic carbocycles. The zero-order valence-corrected chi connectivity index (χ0v) is 14.1. The number of aliphatic hydroxyl groups is 4. The van der Waals surface area contributed by atoms with Crippen LogP contribution in [0.1, 0.15) is 46.0 Å². The van der Waals surface area contributed by atoms with Crippen molar-refractivity contribution in [3.63, 3.8) is 0 Å². The van der Waals surface area contributed by atoms with E-state index >= 15 is 0 Å². The Morgan fingerprint density at radius 2 is 1.65 bits per heavy atom. The fourth-order valence-corrected chi connectivity index (χ4v) is 6.75. The summed E-state index contributed by atoms with van der Waals surface area (Å²) in [6, 6.07) is 0. The minimum Gasteiger partial charge on any atom is -0.393 e. The van der Waals surface area contributed by atoms with Crippen LogP contribution in [0.25, 0.3) is 0 Å². The predicted molar refractivity (Wildman–Crippen MR) is 86.4 cm³/mol. The highest BCUT2D eigenvalue weighted by Crippen LogP contribution is 2.65. The Labute approximate surface area is 138 Å². The van der Waals surface area contributed by atoms with Crippen LogP contribution in [0.4, 0.5) is 0 Å². The number of fused-ring (bicyclic) bond motifs is 5. The van der Waals surface area contributed by atoms with Gasteiger partial charge in [-0.15, -0.1) is 0 Å². The normalized spacial score (nSPS) is 61.7. The average Bonchev–Trinajstić information content (AvgIpc) is 2.73. The summed E-state index contributed by atoms with van der Waals surface area (Å²) in [7, 11) is 0. The molecule has 0 radical (unpaired) electrons. The lowest BCUT2D eigenvalue weighted by Gasteiger charge is -2.60. The Bertz CT molecular complexity index is 519. The monoisotopic (exact) mass is 322 g/mol. The second-order valence-corrected chi connectivity index (χ2v) is 9.11. The third-order valence-corrected chi connectivity index (χ3v) is 8.16. The fourth-order valence-electron chi connectivity index (χ4n) is 6.75. The van der Waals surface area contributed by atoms with Gasteiger partial charge in [0.15, 0.2) is 0 Å². The van der Waals surface area contributed by atoms with E-state index in [2.05, 4.69) is 19.9 Å². The number of hydrogen-bond acceptors (Lipinski definition) is 4. The van der Waals surface area contributed by atoms with Gasteiger partial charge in [-0.05, 0) is 66.6 Å². The van der Waals surface area contributed by atoms with Crippen LogP contribution in [0.2, 0.25) is 0 Å². The van der Waals surface area contributed by atoms with E-state index in [1.54, 1.807) is 0 Å². The second-order valence-electron chi connectivity index (χ2n) is 9.11. The maximum atomic E-state index is 10.9. The number of rotatable bonds is 0. The zero-order chi connectivity index (χ0) is 16.6. The van der Waals surface area contributed by atoms with Crippen LogP contribution in [-0.4, -0.2) is 44.8 Å². The van der Waals surface area contributed by atoms with Crippen LogP contribution in [-0.2, 0) is 0 Å². The van der Waals surface area contributed by atoms with Crippen molar-refractivity contribution in [2.75, 3.05) is 0 Å². The smallest absolute Gasteiger partial charge is 0.0855 e.